The summed E-state index contributed by atoms with van der Waals surface area (Å²) in [4.78, 5) is 21.8. The van der Waals surface area contributed by atoms with Crippen molar-refractivity contribution in [2.24, 2.45) is 0 Å². The van der Waals surface area contributed by atoms with Crippen molar-refractivity contribution in [2.75, 3.05) is 5.32 Å². The van der Waals surface area contributed by atoms with Crippen LogP contribution >= 0.6 is 11.6 Å². The van der Waals surface area contributed by atoms with Gasteiger partial charge in [-0.2, -0.15) is 0 Å². The number of hydrogen-bond acceptors (Lipinski definition) is 2. The highest BCUT2D eigenvalue weighted by Gasteiger charge is 2.07. The quantitative estimate of drug-likeness (QED) is 0.833. The summed E-state index contributed by atoms with van der Waals surface area (Å²) in [5.41, 5.74) is 0.445. The van der Waals surface area contributed by atoms with E-state index in [1.807, 2.05) is 0 Å². The van der Waals surface area contributed by atoms with Crippen molar-refractivity contribution in [2.45, 2.75) is 13.3 Å². The molecular formula is C10H10ClNO3. The Bertz CT molecular complexity index is 404. The molecule has 80 valence electrons. The number of carbonyl (C=O) groups excluding carboxylic acids is 1. The van der Waals surface area contributed by atoms with E-state index < -0.39 is 5.97 Å². The summed E-state index contributed by atoms with van der Waals surface area (Å²) in [6.07, 6.45) is 0.328. The first-order chi connectivity index (χ1) is 7.02. The van der Waals surface area contributed by atoms with Gasteiger partial charge >= 0.3 is 5.97 Å². The van der Waals surface area contributed by atoms with Gasteiger partial charge in [0.1, 0.15) is 0 Å². The third-order valence-electron chi connectivity index (χ3n) is 1.75. The molecule has 15 heavy (non-hydrogen) atoms. The molecule has 0 fully saturated rings. The van der Waals surface area contributed by atoms with Crippen LogP contribution in [0.3, 0.4) is 0 Å². The normalized spacial score (nSPS) is 9.73. The lowest BCUT2D eigenvalue weighted by Crippen LogP contribution is -2.10. The number of carboxylic acid groups (broad SMARTS) is 1. The molecule has 5 heteroatoms. The van der Waals surface area contributed by atoms with E-state index in [-0.39, 0.29) is 16.5 Å². The molecule has 1 aromatic rings. The topological polar surface area (TPSA) is 66.4 Å². The number of carbonyl (C=O) groups is 2. The molecule has 4 nitrogen and oxygen atoms in total. The van der Waals surface area contributed by atoms with E-state index in [4.69, 9.17) is 16.7 Å². The first-order valence-electron chi connectivity index (χ1n) is 4.36. The third kappa shape index (κ3) is 3.25. The van der Waals surface area contributed by atoms with Crippen molar-refractivity contribution >= 4 is 29.2 Å². The second-order valence-corrected chi connectivity index (χ2v) is 3.37. The first-order valence-corrected chi connectivity index (χ1v) is 4.74. The van der Waals surface area contributed by atoms with E-state index in [2.05, 4.69) is 5.32 Å². The molecule has 0 radical (unpaired) electrons. The van der Waals surface area contributed by atoms with E-state index in [1.165, 1.54) is 18.2 Å². The first kappa shape index (κ1) is 11.5. The van der Waals surface area contributed by atoms with E-state index >= 15 is 0 Å². The average molecular weight is 228 g/mol. The molecule has 1 rings (SSSR count). The van der Waals surface area contributed by atoms with Crippen molar-refractivity contribution in [3.8, 4) is 0 Å². The van der Waals surface area contributed by atoms with Crippen molar-refractivity contribution in [3.63, 3.8) is 0 Å². The monoisotopic (exact) mass is 227 g/mol. The molecular weight excluding hydrogens is 218 g/mol. The minimum absolute atomic E-state index is 0.0499. The van der Waals surface area contributed by atoms with Crippen LogP contribution < -0.4 is 5.32 Å². The summed E-state index contributed by atoms with van der Waals surface area (Å²) in [7, 11) is 0. The van der Waals surface area contributed by atoms with Gasteiger partial charge in [-0.25, -0.2) is 4.79 Å². The van der Waals surface area contributed by atoms with Crippen molar-refractivity contribution in [3.05, 3.63) is 28.8 Å². The molecule has 0 unspecified atom stereocenters. The summed E-state index contributed by atoms with van der Waals surface area (Å²) in [5, 5.41) is 11.6. The Labute approximate surface area is 91.9 Å². The van der Waals surface area contributed by atoms with Gasteiger partial charge in [0.05, 0.1) is 5.56 Å². The fourth-order valence-electron chi connectivity index (χ4n) is 1.03. The molecule has 0 bridgehead atoms. The minimum Gasteiger partial charge on any atom is -0.478 e. The van der Waals surface area contributed by atoms with Crippen LogP contribution in [0.5, 0.6) is 0 Å². The van der Waals surface area contributed by atoms with Crippen LogP contribution in [-0.2, 0) is 4.79 Å². The van der Waals surface area contributed by atoms with Crippen LogP contribution in [0.25, 0.3) is 0 Å². The van der Waals surface area contributed by atoms with E-state index in [1.54, 1.807) is 6.92 Å². The number of benzene rings is 1. The number of nitrogens with one attached hydrogen (secondary N) is 1. The summed E-state index contributed by atoms with van der Waals surface area (Å²) >= 11 is 5.71. The van der Waals surface area contributed by atoms with Gasteiger partial charge in [0.15, 0.2) is 0 Å². The van der Waals surface area contributed by atoms with Gasteiger partial charge < -0.3 is 10.4 Å². The Morgan fingerprint density at radius 2 is 2.07 bits per heavy atom. The summed E-state index contributed by atoms with van der Waals surface area (Å²) in [6.45, 7) is 1.71. The molecule has 0 aliphatic carbocycles. The standard InChI is InChI=1S/C10H10ClNO3/c1-2-9(13)12-8-4-6(10(14)15)3-7(11)5-8/h3-5H,2H2,1H3,(H,12,13)(H,14,15). The molecule has 2 N–H and O–H groups in total. The second kappa shape index (κ2) is 4.79. The molecule has 0 saturated heterocycles. The van der Waals surface area contributed by atoms with Gasteiger partial charge in [-0.05, 0) is 18.2 Å². The van der Waals surface area contributed by atoms with Crippen molar-refractivity contribution in [1.29, 1.82) is 0 Å². The Hall–Kier alpha value is -1.55. The lowest BCUT2D eigenvalue weighted by molar-refractivity contribution is -0.115. The largest absolute Gasteiger partial charge is 0.478 e. The molecule has 0 atom stereocenters. The van der Waals surface area contributed by atoms with Gasteiger partial charge in [-0.1, -0.05) is 18.5 Å². The molecule has 0 saturated carbocycles. The van der Waals surface area contributed by atoms with Gasteiger partial charge in [0.25, 0.3) is 0 Å². The van der Waals surface area contributed by atoms with Crippen LogP contribution in [-0.4, -0.2) is 17.0 Å². The summed E-state index contributed by atoms with van der Waals surface area (Å²) in [5.74, 6) is -1.27. The van der Waals surface area contributed by atoms with Crippen LogP contribution in [0.2, 0.25) is 5.02 Å². The summed E-state index contributed by atoms with van der Waals surface area (Å²) in [6, 6.07) is 4.19. The Morgan fingerprint density at radius 3 is 2.60 bits per heavy atom. The van der Waals surface area contributed by atoms with Crippen molar-refractivity contribution < 1.29 is 14.7 Å². The number of halogens is 1. The molecule has 0 spiro atoms. The molecule has 0 aliphatic heterocycles. The predicted octanol–water partition coefficient (Wildman–Crippen LogP) is 2.39. The van der Waals surface area contributed by atoms with E-state index in [0.29, 0.717) is 12.1 Å². The van der Waals surface area contributed by atoms with Crippen LogP contribution in [0.4, 0.5) is 5.69 Å². The number of rotatable bonds is 3. The minimum atomic E-state index is -1.08. The Balaban J connectivity index is 2.98. The Morgan fingerprint density at radius 1 is 1.40 bits per heavy atom. The average Bonchev–Trinajstić information content (AvgIpc) is 2.16. The highest BCUT2D eigenvalue weighted by molar-refractivity contribution is 6.31. The lowest BCUT2D eigenvalue weighted by atomic mass is 10.2. The van der Waals surface area contributed by atoms with Gasteiger partial charge in [-0.15, -0.1) is 0 Å². The number of anilines is 1. The smallest absolute Gasteiger partial charge is 0.335 e. The zero-order chi connectivity index (χ0) is 11.4. The Kier molecular flexibility index (Phi) is 3.68. The molecule has 0 aromatic heterocycles. The molecule has 1 aromatic carbocycles. The van der Waals surface area contributed by atoms with Crippen molar-refractivity contribution in [1.82, 2.24) is 0 Å². The van der Waals surface area contributed by atoms with E-state index in [0.717, 1.165) is 0 Å². The molecule has 0 aliphatic rings. The van der Waals surface area contributed by atoms with Gasteiger partial charge in [0, 0.05) is 17.1 Å². The fourth-order valence-corrected chi connectivity index (χ4v) is 1.27. The highest BCUT2D eigenvalue weighted by atomic mass is 35.5. The third-order valence-corrected chi connectivity index (χ3v) is 1.97. The molecule has 0 heterocycles. The highest BCUT2D eigenvalue weighted by Crippen LogP contribution is 2.19. The maximum atomic E-state index is 11.1. The number of carboxylic acids is 1. The summed E-state index contributed by atoms with van der Waals surface area (Å²) < 4.78 is 0. The van der Waals surface area contributed by atoms with Gasteiger partial charge in [0.2, 0.25) is 5.91 Å². The maximum Gasteiger partial charge on any atom is 0.335 e. The number of hydrogen-bond donors (Lipinski definition) is 2. The second-order valence-electron chi connectivity index (χ2n) is 2.94. The van der Waals surface area contributed by atoms with Crippen LogP contribution in [0.1, 0.15) is 23.7 Å². The van der Waals surface area contributed by atoms with Crippen LogP contribution in [0, 0.1) is 0 Å². The number of amides is 1. The predicted molar refractivity (Wildman–Crippen MR) is 57.3 cm³/mol. The fraction of sp³-hybridized carbons (Fsp3) is 0.200. The molecule has 1 amide bonds. The van der Waals surface area contributed by atoms with E-state index in [9.17, 15) is 9.59 Å². The lowest BCUT2D eigenvalue weighted by Gasteiger charge is -2.05. The number of aromatic carboxylic acids is 1. The van der Waals surface area contributed by atoms with Crippen LogP contribution in [0.15, 0.2) is 18.2 Å². The zero-order valence-corrected chi connectivity index (χ0v) is 8.84. The SMILES string of the molecule is CCC(=O)Nc1cc(Cl)cc(C(=O)O)c1. The maximum absolute atomic E-state index is 11.1. The zero-order valence-electron chi connectivity index (χ0n) is 8.08. The van der Waals surface area contributed by atoms with Gasteiger partial charge in [-0.3, -0.25) is 4.79 Å².